The molecule has 5 heteroatoms. The van der Waals surface area contributed by atoms with E-state index in [2.05, 4.69) is 29.0 Å². The van der Waals surface area contributed by atoms with Crippen LogP contribution in [0, 0.1) is 0 Å². The van der Waals surface area contributed by atoms with Gasteiger partial charge in [-0.05, 0) is 45.1 Å². The van der Waals surface area contributed by atoms with Crippen molar-refractivity contribution >= 4 is 11.6 Å². The third-order valence-corrected chi connectivity index (χ3v) is 5.54. The highest BCUT2D eigenvalue weighted by Gasteiger charge is 2.34. The molecule has 0 bridgehead atoms. The summed E-state index contributed by atoms with van der Waals surface area (Å²) in [6.45, 7) is 3.53. The lowest BCUT2D eigenvalue weighted by atomic mass is 9.95. The Morgan fingerprint density at radius 3 is 2.83 bits per heavy atom. The molecular formula is C19H23ClN2O2. The fourth-order valence-corrected chi connectivity index (χ4v) is 4.11. The summed E-state index contributed by atoms with van der Waals surface area (Å²) in [5.74, 6) is 0.682. The van der Waals surface area contributed by atoms with Crippen molar-refractivity contribution in [1.29, 1.82) is 0 Å². The summed E-state index contributed by atoms with van der Waals surface area (Å²) >= 11 is 6.09. The second-order valence-corrected chi connectivity index (χ2v) is 7.31. The van der Waals surface area contributed by atoms with E-state index in [-0.39, 0.29) is 0 Å². The normalized spacial score (nSPS) is 25.1. The molecule has 4 nitrogen and oxygen atoms in total. The van der Waals surface area contributed by atoms with Gasteiger partial charge in [0.2, 0.25) is 0 Å². The van der Waals surface area contributed by atoms with Crippen LogP contribution < -0.4 is 4.74 Å². The summed E-state index contributed by atoms with van der Waals surface area (Å²) in [6.07, 6.45) is 5.86. The summed E-state index contributed by atoms with van der Waals surface area (Å²) < 4.78 is 5.93. The van der Waals surface area contributed by atoms with E-state index < -0.39 is 6.10 Å². The molecule has 0 amide bonds. The van der Waals surface area contributed by atoms with Gasteiger partial charge in [0, 0.05) is 28.7 Å². The number of ether oxygens (including phenoxy) is 1. The molecule has 3 heterocycles. The summed E-state index contributed by atoms with van der Waals surface area (Å²) in [5.41, 5.74) is 2.88. The van der Waals surface area contributed by atoms with Crippen LogP contribution in [0.3, 0.4) is 0 Å². The summed E-state index contributed by atoms with van der Waals surface area (Å²) in [4.78, 5) is 4.76. The molecule has 1 aromatic carbocycles. The van der Waals surface area contributed by atoms with E-state index in [1.807, 2.05) is 12.1 Å². The van der Waals surface area contributed by atoms with Crippen LogP contribution in [0.1, 0.15) is 24.5 Å². The molecule has 24 heavy (non-hydrogen) atoms. The summed E-state index contributed by atoms with van der Waals surface area (Å²) in [5, 5.41) is 11.7. The molecule has 1 unspecified atom stereocenters. The smallest absolute Gasteiger partial charge is 0.127 e. The zero-order chi connectivity index (χ0) is 16.7. The van der Waals surface area contributed by atoms with E-state index in [0.717, 1.165) is 49.3 Å². The third-order valence-electron chi connectivity index (χ3n) is 5.30. The predicted octanol–water partition coefficient (Wildman–Crippen LogP) is 2.99. The number of piperidine rings is 1. The van der Waals surface area contributed by atoms with Crippen molar-refractivity contribution in [2.24, 2.45) is 0 Å². The van der Waals surface area contributed by atoms with Crippen molar-refractivity contribution in [2.45, 2.75) is 25.0 Å². The number of aliphatic hydroxyl groups is 1. The Hall–Kier alpha value is -1.49. The zero-order valence-electron chi connectivity index (χ0n) is 13.9. The van der Waals surface area contributed by atoms with Gasteiger partial charge in [0.25, 0.3) is 0 Å². The van der Waals surface area contributed by atoms with Crippen LogP contribution in [0.2, 0.25) is 5.02 Å². The van der Waals surface area contributed by atoms with Crippen molar-refractivity contribution in [3.8, 4) is 5.75 Å². The van der Waals surface area contributed by atoms with Gasteiger partial charge in [-0.25, -0.2) is 0 Å². The molecule has 3 aliphatic heterocycles. The molecular weight excluding hydrogens is 324 g/mol. The highest BCUT2D eigenvalue weighted by molar-refractivity contribution is 6.30. The van der Waals surface area contributed by atoms with Gasteiger partial charge in [-0.2, -0.15) is 0 Å². The van der Waals surface area contributed by atoms with Crippen LogP contribution in [-0.4, -0.2) is 54.2 Å². The molecule has 0 aromatic heterocycles. The molecule has 4 rings (SSSR count). The Labute approximate surface area is 148 Å². The van der Waals surface area contributed by atoms with Gasteiger partial charge in [-0.1, -0.05) is 29.8 Å². The molecule has 1 saturated heterocycles. The highest BCUT2D eigenvalue weighted by Crippen LogP contribution is 2.40. The van der Waals surface area contributed by atoms with Crippen LogP contribution in [0.5, 0.6) is 5.75 Å². The molecule has 1 aromatic rings. The van der Waals surface area contributed by atoms with E-state index in [1.165, 1.54) is 0 Å². The predicted molar refractivity (Wildman–Crippen MR) is 95.3 cm³/mol. The standard InChI is InChI=1S/C19H23ClN2O2/c1-21-9-6-15(7-10-21)22-8-2-3-13-12-24-17-11-14(20)4-5-16(17)19(23)18(13)22/h2-5,11,15,19,23H,6-10,12H2,1H3. The van der Waals surface area contributed by atoms with Crippen LogP contribution in [0.4, 0.5) is 0 Å². The summed E-state index contributed by atoms with van der Waals surface area (Å²) in [6, 6.07) is 5.96. The minimum absolute atomic E-state index is 0.472. The van der Waals surface area contributed by atoms with Crippen molar-refractivity contribution in [2.75, 3.05) is 33.3 Å². The Kier molecular flexibility index (Phi) is 4.29. The van der Waals surface area contributed by atoms with Crippen LogP contribution in [0.25, 0.3) is 0 Å². The van der Waals surface area contributed by atoms with Gasteiger partial charge < -0.3 is 19.6 Å². The fourth-order valence-electron chi connectivity index (χ4n) is 3.95. The van der Waals surface area contributed by atoms with Crippen LogP contribution in [-0.2, 0) is 0 Å². The second-order valence-electron chi connectivity index (χ2n) is 6.87. The van der Waals surface area contributed by atoms with Gasteiger partial charge in [-0.15, -0.1) is 0 Å². The molecule has 128 valence electrons. The number of fused-ring (bicyclic) bond motifs is 1. The average molecular weight is 347 g/mol. The maximum absolute atomic E-state index is 11.1. The van der Waals surface area contributed by atoms with Crippen LogP contribution in [0.15, 0.2) is 41.6 Å². The van der Waals surface area contributed by atoms with Crippen LogP contribution >= 0.6 is 11.6 Å². The van der Waals surface area contributed by atoms with E-state index in [0.29, 0.717) is 23.4 Å². The highest BCUT2D eigenvalue weighted by atomic mass is 35.5. The molecule has 0 aliphatic carbocycles. The maximum atomic E-state index is 11.1. The fraction of sp³-hybridized carbons (Fsp3) is 0.474. The van der Waals surface area contributed by atoms with Gasteiger partial charge in [-0.3, -0.25) is 0 Å². The largest absolute Gasteiger partial charge is 0.488 e. The van der Waals surface area contributed by atoms with Gasteiger partial charge >= 0.3 is 0 Å². The molecule has 1 fully saturated rings. The first-order chi connectivity index (χ1) is 11.6. The topological polar surface area (TPSA) is 35.9 Å². The van der Waals surface area contributed by atoms with Crippen molar-refractivity contribution in [3.63, 3.8) is 0 Å². The maximum Gasteiger partial charge on any atom is 0.127 e. The number of hydrogen-bond acceptors (Lipinski definition) is 4. The number of nitrogens with zero attached hydrogens (tertiary/aromatic N) is 2. The monoisotopic (exact) mass is 346 g/mol. The molecule has 0 saturated carbocycles. The average Bonchev–Trinajstić information content (AvgIpc) is 2.73. The second kappa shape index (κ2) is 6.43. The summed E-state index contributed by atoms with van der Waals surface area (Å²) in [7, 11) is 2.17. The first kappa shape index (κ1) is 16.0. The van der Waals surface area contributed by atoms with Crippen molar-refractivity contribution < 1.29 is 9.84 Å². The molecule has 0 spiro atoms. The number of aliphatic hydroxyl groups excluding tert-OH is 1. The van der Waals surface area contributed by atoms with Gasteiger partial charge in [0.05, 0.1) is 5.70 Å². The first-order valence-electron chi connectivity index (χ1n) is 8.58. The number of benzene rings is 1. The third kappa shape index (κ3) is 2.83. The number of halogens is 1. The number of likely N-dealkylation sites (tertiary alicyclic amines) is 1. The van der Waals surface area contributed by atoms with Gasteiger partial charge in [0.15, 0.2) is 0 Å². The zero-order valence-corrected chi connectivity index (χ0v) is 14.7. The van der Waals surface area contributed by atoms with E-state index >= 15 is 0 Å². The quantitative estimate of drug-likeness (QED) is 0.848. The lowest BCUT2D eigenvalue weighted by molar-refractivity contribution is 0.110. The Bertz CT molecular complexity index is 693. The van der Waals surface area contributed by atoms with E-state index in [4.69, 9.17) is 16.3 Å². The Morgan fingerprint density at radius 1 is 1.25 bits per heavy atom. The van der Waals surface area contributed by atoms with E-state index in [9.17, 15) is 5.11 Å². The lowest BCUT2D eigenvalue weighted by Crippen LogP contribution is -2.45. The Balaban J connectivity index is 1.69. The minimum Gasteiger partial charge on any atom is -0.488 e. The molecule has 0 radical (unpaired) electrons. The van der Waals surface area contributed by atoms with E-state index in [1.54, 1.807) is 6.07 Å². The molecule has 3 aliphatic rings. The number of hydrogen-bond donors (Lipinski definition) is 1. The molecule has 1 atom stereocenters. The van der Waals surface area contributed by atoms with Crippen molar-refractivity contribution in [3.05, 3.63) is 52.2 Å². The van der Waals surface area contributed by atoms with Crippen molar-refractivity contribution in [1.82, 2.24) is 9.80 Å². The lowest BCUT2D eigenvalue weighted by Gasteiger charge is -2.42. The minimum atomic E-state index is -0.667. The number of rotatable bonds is 1. The molecule has 1 N–H and O–H groups in total. The first-order valence-corrected chi connectivity index (χ1v) is 8.96. The SMILES string of the molecule is CN1CCC(N2CC=CC3=C2C(O)c2ccc(Cl)cc2OC3)CC1. The van der Waals surface area contributed by atoms with Gasteiger partial charge in [0.1, 0.15) is 18.5 Å². The Morgan fingerprint density at radius 2 is 2.04 bits per heavy atom.